The summed E-state index contributed by atoms with van der Waals surface area (Å²) in [6, 6.07) is 11.7. The number of nitrogens with one attached hydrogen (secondary N) is 1. The van der Waals surface area contributed by atoms with Gasteiger partial charge in [-0.25, -0.2) is 9.97 Å². The number of rotatable bonds is 5. The number of ether oxygens (including phenoxy) is 1. The minimum Gasteiger partial charge on any atom is -0.370 e. The summed E-state index contributed by atoms with van der Waals surface area (Å²) in [7, 11) is 0. The van der Waals surface area contributed by atoms with Crippen LogP contribution in [0.3, 0.4) is 0 Å². The number of aromatic nitrogens is 3. The lowest BCUT2D eigenvalue weighted by molar-refractivity contribution is -0.121. The van der Waals surface area contributed by atoms with Crippen molar-refractivity contribution in [3.8, 4) is 0 Å². The lowest BCUT2D eigenvalue weighted by atomic mass is 9.91. The smallest absolute Gasteiger partial charge is 0.271 e. The van der Waals surface area contributed by atoms with Crippen LogP contribution >= 0.6 is 11.3 Å². The Hall–Kier alpha value is -3.10. The molecule has 1 aliphatic rings. The number of fused-ring (bicyclic) bond motifs is 4. The molecule has 1 aromatic carbocycles. The van der Waals surface area contributed by atoms with Gasteiger partial charge in [-0.15, -0.1) is 11.3 Å². The van der Waals surface area contributed by atoms with Crippen LogP contribution in [0.2, 0.25) is 0 Å². The fourth-order valence-electron chi connectivity index (χ4n) is 3.95. The van der Waals surface area contributed by atoms with Crippen LogP contribution < -0.4 is 10.9 Å². The fraction of sp³-hybridized carbons (Fsp3) is 0.333. The first-order valence-corrected chi connectivity index (χ1v) is 11.5. The van der Waals surface area contributed by atoms with E-state index in [4.69, 9.17) is 9.72 Å². The minimum absolute atomic E-state index is 0.0739. The van der Waals surface area contributed by atoms with Crippen molar-refractivity contribution in [2.45, 2.75) is 52.0 Å². The van der Waals surface area contributed by atoms with Crippen molar-refractivity contribution in [3.05, 3.63) is 69.9 Å². The van der Waals surface area contributed by atoms with Crippen molar-refractivity contribution in [3.63, 3.8) is 0 Å². The van der Waals surface area contributed by atoms with E-state index in [1.165, 1.54) is 22.2 Å². The van der Waals surface area contributed by atoms with Crippen LogP contribution in [-0.4, -0.2) is 26.0 Å². The lowest BCUT2D eigenvalue weighted by Gasteiger charge is -2.33. The second-order valence-corrected chi connectivity index (χ2v) is 9.43. The highest BCUT2D eigenvalue weighted by Gasteiger charge is 2.31. The van der Waals surface area contributed by atoms with Gasteiger partial charge in [0.1, 0.15) is 16.1 Å². The van der Waals surface area contributed by atoms with Gasteiger partial charge >= 0.3 is 0 Å². The monoisotopic (exact) mass is 448 g/mol. The molecular formula is C24H24N4O3S. The molecule has 1 atom stereocenters. The normalized spacial score (nSPS) is 18.1. The topological polar surface area (TPSA) is 86.1 Å². The average Bonchev–Trinajstić information content (AvgIpc) is 3.17. The average molecular weight is 449 g/mol. The highest BCUT2D eigenvalue weighted by Crippen LogP contribution is 2.35. The summed E-state index contributed by atoms with van der Waals surface area (Å²) in [6.07, 6.45) is 3.11. The third-order valence-electron chi connectivity index (χ3n) is 6.12. The Morgan fingerprint density at radius 3 is 2.91 bits per heavy atom. The van der Waals surface area contributed by atoms with Crippen LogP contribution in [0.4, 0.5) is 0 Å². The van der Waals surface area contributed by atoms with Crippen molar-refractivity contribution >= 4 is 37.7 Å². The zero-order chi connectivity index (χ0) is 22.3. The Morgan fingerprint density at radius 2 is 2.12 bits per heavy atom. The van der Waals surface area contributed by atoms with Gasteiger partial charge in [0.15, 0.2) is 0 Å². The zero-order valence-corrected chi connectivity index (χ0v) is 18.9. The predicted molar refractivity (Wildman–Crippen MR) is 125 cm³/mol. The molecule has 4 heterocycles. The van der Waals surface area contributed by atoms with Gasteiger partial charge in [-0.3, -0.25) is 14.2 Å². The van der Waals surface area contributed by atoms with Crippen LogP contribution in [-0.2, 0) is 35.6 Å². The van der Waals surface area contributed by atoms with E-state index in [0.29, 0.717) is 23.4 Å². The maximum absolute atomic E-state index is 13.1. The van der Waals surface area contributed by atoms with Crippen LogP contribution in [0.1, 0.15) is 37.1 Å². The van der Waals surface area contributed by atoms with E-state index < -0.39 is 0 Å². The second kappa shape index (κ2) is 8.11. The Bertz CT molecular complexity index is 1380. The molecule has 5 rings (SSSR count). The largest absolute Gasteiger partial charge is 0.370 e. The molecule has 164 valence electrons. The van der Waals surface area contributed by atoms with Gasteiger partial charge in [-0.2, -0.15) is 0 Å². The number of carbonyl (C=O) groups excluding carboxylic acids is 1. The molecular weight excluding hydrogens is 424 g/mol. The van der Waals surface area contributed by atoms with Gasteiger partial charge in [0.2, 0.25) is 5.91 Å². The van der Waals surface area contributed by atoms with Gasteiger partial charge in [-0.1, -0.05) is 37.3 Å². The van der Waals surface area contributed by atoms with Gasteiger partial charge in [-0.05, 0) is 25.0 Å². The van der Waals surface area contributed by atoms with Gasteiger partial charge in [0.05, 0.1) is 29.7 Å². The SMILES string of the molecule is CC[C@]1(C)Cc2nc3sc4c(=O)n(CC(=O)NCc5ccccc5)cnc4c3cc2CO1. The molecule has 0 saturated heterocycles. The molecule has 0 spiro atoms. The molecule has 0 unspecified atom stereocenters. The van der Waals surface area contributed by atoms with Gasteiger partial charge in [0, 0.05) is 23.9 Å². The van der Waals surface area contributed by atoms with Crippen LogP contribution in [0.15, 0.2) is 47.5 Å². The molecule has 1 amide bonds. The number of benzene rings is 1. The highest BCUT2D eigenvalue weighted by molar-refractivity contribution is 7.25. The summed E-state index contributed by atoms with van der Waals surface area (Å²) in [5.41, 5.74) is 3.29. The standard InChI is InChI=1S/C24H24N4O3S/c1-3-24(2)10-18-16(13-31-24)9-17-20-21(32-22(17)27-18)23(30)28(14-26-20)12-19(29)25-11-15-7-5-4-6-8-15/h4-9,14H,3,10-13H2,1-2H3,(H,25,29)/t24-/m1/s1. The molecule has 0 bridgehead atoms. The van der Waals surface area contributed by atoms with Crippen molar-refractivity contribution < 1.29 is 9.53 Å². The number of thiophene rings is 1. The number of hydrogen-bond acceptors (Lipinski definition) is 6. The number of hydrogen-bond donors (Lipinski definition) is 1. The van der Waals surface area contributed by atoms with E-state index in [2.05, 4.69) is 30.2 Å². The Morgan fingerprint density at radius 1 is 1.31 bits per heavy atom. The number of carbonyl (C=O) groups is 1. The molecule has 3 aromatic heterocycles. The fourth-order valence-corrected chi connectivity index (χ4v) is 5.03. The highest BCUT2D eigenvalue weighted by atomic mass is 32.1. The first kappa shape index (κ1) is 20.8. The van der Waals surface area contributed by atoms with Crippen LogP contribution in [0.5, 0.6) is 0 Å². The molecule has 0 saturated carbocycles. The molecule has 32 heavy (non-hydrogen) atoms. The third-order valence-corrected chi connectivity index (χ3v) is 7.19. The summed E-state index contributed by atoms with van der Waals surface area (Å²) in [5, 5.41) is 3.72. The summed E-state index contributed by atoms with van der Waals surface area (Å²) in [4.78, 5) is 35.6. The van der Waals surface area contributed by atoms with E-state index in [0.717, 1.165) is 39.9 Å². The van der Waals surface area contributed by atoms with Crippen molar-refractivity contribution in [1.82, 2.24) is 19.9 Å². The molecule has 8 heteroatoms. The quantitative estimate of drug-likeness (QED) is 0.505. The summed E-state index contributed by atoms with van der Waals surface area (Å²) < 4.78 is 7.93. The summed E-state index contributed by atoms with van der Waals surface area (Å²) in [5.74, 6) is -0.234. The first-order chi connectivity index (χ1) is 15.5. The van der Waals surface area contributed by atoms with Crippen LogP contribution in [0.25, 0.3) is 20.4 Å². The van der Waals surface area contributed by atoms with Gasteiger partial charge in [0.25, 0.3) is 5.56 Å². The molecule has 0 radical (unpaired) electrons. The first-order valence-electron chi connectivity index (χ1n) is 10.7. The minimum atomic E-state index is -0.234. The van der Waals surface area contributed by atoms with E-state index in [-0.39, 0.29) is 23.6 Å². The number of nitrogens with zero attached hydrogens (tertiary/aromatic N) is 3. The van der Waals surface area contributed by atoms with E-state index >= 15 is 0 Å². The third kappa shape index (κ3) is 3.80. The predicted octanol–water partition coefficient (Wildman–Crippen LogP) is 3.56. The molecule has 1 aliphatic heterocycles. The van der Waals surface area contributed by atoms with E-state index in [9.17, 15) is 9.59 Å². The molecule has 4 aromatic rings. The Labute approximate surface area is 189 Å². The van der Waals surface area contributed by atoms with Crippen molar-refractivity contribution in [1.29, 1.82) is 0 Å². The maximum Gasteiger partial charge on any atom is 0.271 e. The Balaban J connectivity index is 1.43. The van der Waals surface area contributed by atoms with E-state index in [1.54, 1.807) is 0 Å². The molecule has 7 nitrogen and oxygen atoms in total. The van der Waals surface area contributed by atoms with Crippen molar-refractivity contribution in [2.75, 3.05) is 0 Å². The summed E-state index contributed by atoms with van der Waals surface area (Å²) in [6.45, 7) is 5.08. The Kier molecular flexibility index (Phi) is 5.27. The maximum atomic E-state index is 13.1. The van der Waals surface area contributed by atoms with Gasteiger partial charge < -0.3 is 10.1 Å². The zero-order valence-electron chi connectivity index (χ0n) is 18.1. The van der Waals surface area contributed by atoms with Crippen LogP contribution in [0, 0.1) is 0 Å². The molecule has 1 N–H and O–H groups in total. The molecule has 0 aliphatic carbocycles. The summed E-state index contributed by atoms with van der Waals surface area (Å²) >= 11 is 1.34. The van der Waals surface area contributed by atoms with E-state index in [1.807, 2.05) is 30.3 Å². The van der Waals surface area contributed by atoms with Crippen molar-refractivity contribution in [2.24, 2.45) is 0 Å². The number of pyridine rings is 1. The second-order valence-electron chi connectivity index (χ2n) is 8.44. The lowest BCUT2D eigenvalue weighted by Crippen LogP contribution is -2.35. The molecule has 0 fully saturated rings. The number of amides is 1.